The van der Waals surface area contributed by atoms with Crippen molar-refractivity contribution in [1.29, 1.82) is 0 Å². The van der Waals surface area contributed by atoms with Gasteiger partial charge in [0.25, 0.3) is 0 Å². The number of hydrogen-bond acceptors (Lipinski definition) is 2. The SMILES string of the molecule is COc1c(C)cc(CC(C)=O)cc1Cl. The highest BCUT2D eigenvalue weighted by Crippen LogP contribution is 2.29. The van der Waals surface area contributed by atoms with Crippen molar-refractivity contribution in [3.8, 4) is 5.75 Å². The van der Waals surface area contributed by atoms with Gasteiger partial charge in [0.05, 0.1) is 12.1 Å². The Hall–Kier alpha value is -1.02. The number of rotatable bonds is 3. The predicted molar refractivity (Wildman–Crippen MR) is 57.1 cm³/mol. The molecule has 0 heterocycles. The molecule has 1 aromatic rings. The lowest BCUT2D eigenvalue weighted by atomic mass is 10.1. The topological polar surface area (TPSA) is 26.3 Å². The fourth-order valence-corrected chi connectivity index (χ4v) is 1.82. The summed E-state index contributed by atoms with van der Waals surface area (Å²) in [4.78, 5) is 10.9. The quantitative estimate of drug-likeness (QED) is 0.770. The number of ketones is 1. The zero-order valence-corrected chi connectivity index (χ0v) is 9.31. The number of carbonyl (C=O) groups is 1. The second-order valence-corrected chi connectivity index (χ2v) is 3.71. The third-order valence-corrected chi connectivity index (χ3v) is 2.23. The van der Waals surface area contributed by atoms with E-state index in [1.165, 1.54) is 0 Å². The first kappa shape index (κ1) is 11.1. The van der Waals surface area contributed by atoms with E-state index in [0.717, 1.165) is 11.1 Å². The van der Waals surface area contributed by atoms with E-state index in [0.29, 0.717) is 17.2 Å². The van der Waals surface area contributed by atoms with Crippen LogP contribution < -0.4 is 4.74 Å². The number of benzene rings is 1. The van der Waals surface area contributed by atoms with E-state index in [-0.39, 0.29) is 5.78 Å². The van der Waals surface area contributed by atoms with Gasteiger partial charge < -0.3 is 4.74 Å². The van der Waals surface area contributed by atoms with Crippen molar-refractivity contribution in [2.45, 2.75) is 20.3 Å². The third kappa shape index (κ3) is 2.48. The van der Waals surface area contributed by atoms with Crippen molar-refractivity contribution in [2.75, 3.05) is 7.11 Å². The van der Waals surface area contributed by atoms with Crippen LogP contribution in [0.15, 0.2) is 12.1 Å². The molecule has 0 N–H and O–H groups in total. The van der Waals surface area contributed by atoms with Gasteiger partial charge in [-0.15, -0.1) is 0 Å². The van der Waals surface area contributed by atoms with Gasteiger partial charge in [0.1, 0.15) is 11.5 Å². The van der Waals surface area contributed by atoms with E-state index in [1.54, 1.807) is 20.1 Å². The Bertz CT molecular complexity index is 335. The van der Waals surface area contributed by atoms with Gasteiger partial charge in [-0.1, -0.05) is 17.7 Å². The van der Waals surface area contributed by atoms with Crippen LogP contribution in [0.5, 0.6) is 5.75 Å². The van der Waals surface area contributed by atoms with Gasteiger partial charge in [-0.2, -0.15) is 0 Å². The summed E-state index contributed by atoms with van der Waals surface area (Å²) in [6.45, 7) is 3.47. The molecule has 14 heavy (non-hydrogen) atoms. The Labute approximate surface area is 88.8 Å². The Morgan fingerprint density at radius 2 is 2.14 bits per heavy atom. The van der Waals surface area contributed by atoms with Crippen molar-refractivity contribution >= 4 is 17.4 Å². The molecule has 0 amide bonds. The molecule has 0 saturated carbocycles. The second kappa shape index (κ2) is 4.47. The zero-order chi connectivity index (χ0) is 10.7. The van der Waals surface area contributed by atoms with Crippen molar-refractivity contribution in [3.63, 3.8) is 0 Å². The van der Waals surface area contributed by atoms with Crippen molar-refractivity contribution in [3.05, 3.63) is 28.3 Å². The van der Waals surface area contributed by atoms with Crippen LogP contribution in [0.3, 0.4) is 0 Å². The molecule has 0 aliphatic rings. The normalized spacial score (nSPS) is 10.0. The van der Waals surface area contributed by atoms with E-state index in [4.69, 9.17) is 16.3 Å². The van der Waals surface area contributed by atoms with E-state index in [2.05, 4.69) is 0 Å². The summed E-state index contributed by atoms with van der Waals surface area (Å²) in [5.41, 5.74) is 1.89. The molecule has 3 heteroatoms. The minimum Gasteiger partial charge on any atom is -0.495 e. The minimum atomic E-state index is 0.130. The molecule has 0 aliphatic carbocycles. The maximum atomic E-state index is 10.9. The number of hydrogen-bond donors (Lipinski definition) is 0. The molecule has 1 aromatic carbocycles. The van der Waals surface area contributed by atoms with Crippen LogP contribution in [0.25, 0.3) is 0 Å². The lowest BCUT2D eigenvalue weighted by molar-refractivity contribution is -0.116. The lowest BCUT2D eigenvalue weighted by Gasteiger charge is -2.08. The summed E-state index contributed by atoms with van der Waals surface area (Å²) in [5, 5.41) is 0.559. The number of ether oxygens (including phenoxy) is 1. The maximum Gasteiger partial charge on any atom is 0.140 e. The predicted octanol–water partition coefficient (Wildman–Crippen LogP) is 2.79. The van der Waals surface area contributed by atoms with Gasteiger partial charge >= 0.3 is 0 Å². The van der Waals surface area contributed by atoms with Crippen molar-refractivity contribution in [1.82, 2.24) is 0 Å². The summed E-state index contributed by atoms with van der Waals surface area (Å²) in [6, 6.07) is 3.70. The van der Waals surface area contributed by atoms with Gasteiger partial charge in [0, 0.05) is 6.42 Å². The number of halogens is 1. The summed E-state index contributed by atoms with van der Waals surface area (Å²) in [7, 11) is 1.58. The van der Waals surface area contributed by atoms with Crippen molar-refractivity contribution in [2.24, 2.45) is 0 Å². The Kier molecular flexibility index (Phi) is 3.53. The Balaban J connectivity index is 3.07. The first-order chi connectivity index (χ1) is 6.54. The number of Topliss-reactive ketones (excluding diaryl/α,β-unsaturated/α-hetero) is 1. The fraction of sp³-hybridized carbons (Fsp3) is 0.364. The van der Waals surface area contributed by atoms with Crippen LogP contribution >= 0.6 is 11.6 Å². The molecule has 76 valence electrons. The molecule has 0 aliphatic heterocycles. The van der Waals surface area contributed by atoms with E-state index in [9.17, 15) is 4.79 Å². The van der Waals surface area contributed by atoms with Crippen LogP contribution in [0.2, 0.25) is 5.02 Å². The van der Waals surface area contributed by atoms with Gasteiger partial charge in [-0.25, -0.2) is 0 Å². The smallest absolute Gasteiger partial charge is 0.140 e. The number of carbonyl (C=O) groups excluding carboxylic acids is 1. The minimum absolute atomic E-state index is 0.130. The summed E-state index contributed by atoms with van der Waals surface area (Å²) in [5.74, 6) is 0.810. The Morgan fingerprint density at radius 3 is 2.57 bits per heavy atom. The second-order valence-electron chi connectivity index (χ2n) is 3.31. The van der Waals surface area contributed by atoms with Crippen LogP contribution in [-0.2, 0) is 11.2 Å². The lowest BCUT2D eigenvalue weighted by Crippen LogP contribution is -1.98. The molecule has 1 rings (SSSR count). The van der Waals surface area contributed by atoms with Crippen LogP contribution in [0.1, 0.15) is 18.1 Å². The van der Waals surface area contributed by atoms with E-state index < -0.39 is 0 Å². The van der Waals surface area contributed by atoms with Gasteiger partial charge in [0.15, 0.2) is 0 Å². The summed E-state index contributed by atoms with van der Waals surface area (Å²) < 4.78 is 5.12. The number of methoxy groups -OCH3 is 1. The Morgan fingerprint density at radius 1 is 1.50 bits per heavy atom. The molecule has 0 radical (unpaired) electrons. The molecule has 0 aromatic heterocycles. The zero-order valence-electron chi connectivity index (χ0n) is 8.56. The molecule has 0 spiro atoms. The van der Waals surface area contributed by atoms with Gasteiger partial charge in [-0.3, -0.25) is 4.79 Å². The average molecular weight is 213 g/mol. The first-order valence-electron chi connectivity index (χ1n) is 4.37. The van der Waals surface area contributed by atoms with Gasteiger partial charge in [0.2, 0.25) is 0 Å². The highest BCUT2D eigenvalue weighted by molar-refractivity contribution is 6.32. The molecule has 2 nitrogen and oxygen atoms in total. The summed E-state index contributed by atoms with van der Waals surface area (Å²) in [6.07, 6.45) is 0.421. The molecular formula is C11H13ClO2. The molecule has 0 fully saturated rings. The largest absolute Gasteiger partial charge is 0.495 e. The first-order valence-corrected chi connectivity index (χ1v) is 4.75. The molecular weight excluding hydrogens is 200 g/mol. The van der Waals surface area contributed by atoms with Crippen LogP contribution in [0.4, 0.5) is 0 Å². The van der Waals surface area contributed by atoms with Crippen LogP contribution in [-0.4, -0.2) is 12.9 Å². The highest BCUT2D eigenvalue weighted by Gasteiger charge is 2.07. The third-order valence-electron chi connectivity index (χ3n) is 1.95. The number of aryl methyl sites for hydroxylation is 1. The maximum absolute atomic E-state index is 10.9. The van der Waals surface area contributed by atoms with E-state index in [1.807, 2.05) is 13.0 Å². The highest BCUT2D eigenvalue weighted by atomic mass is 35.5. The van der Waals surface area contributed by atoms with Crippen molar-refractivity contribution < 1.29 is 9.53 Å². The molecule has 0 saturated heterocycles. The monoisotopic (exact) mass is 212 g/mol. The fourth-order valence-electron chi connectivity index (χ4n) is 1.45. The molecule has 0 unspecified atom stereocenters. The summed E-state index contributed by atoms with van der Waals surface area (Å²) >= 11 is 5.98. The molecule has 0 atom stereocenters. The van der Waals surface area contributed by atoms with Crippen LogP contribution in [0, 0.1) is 6.92 Å². The van der Waals surface area contributed by atoms with E-state index >= 15 is 0 Å². The van der Waals surface area contributed by atoms with Gasteiger partial charge in [-0.05, 0) is 31.0 Å². The average Bonchev–Trinajstić information content (AvgIpc) is 2.01. The standard InChI is InChI=1S/C11H13ClO2/c1-7-4-9(5-8(2)13)6-10(12)11(7)14-3/h4,6H,5H2,1-3H3. The molecule has 0 bridgehead atoms.